The molecule has 9 heavy (non-hydrogen) atoms. The molecule has 0 unspecified atom stereocenters. The van der Waals surface area contributed by atoms with Gasteiger partial charge in [0.25, 0.3) is 0 Å². The zero-order chi connectivity index (χ0) is 6.85. The van der Waals surface area contributed by atoms with Gasteiger partial charge in [0, 0.05) is 10.2 Å². The van der Waals surface area contributed by atoms with Crippen LogP contribution < -0.4 is 0 Å². The predicted octanol–water partition coefficient (Wildman–Crippen LogP) is 2.76. The van der Waals surface area contributed by atoms with Crippen molar-refractivity contribution in [2.75, 3.05) is 0 Å². The standard InChI is InChI=1S/C6H5BrIN/c1-4-2-3-5(7)6(8)9-4/h2-3H,1H3. The Morgan fingerprint density at radius 3 is 2.67 bits per heavy atom. The summed E-state index contributed by atoms with van der Waals surface area (Å²) in [7, 11) is 0. The summed E-state index contributed by atoms with van der Waals surface area (Å²) in [6.07, 6.45) is 0. The van der Waals surface area contributed by atoms with Gasteiger partial charge < -0.3 is 0 Å². The fourth-order valence-corrected chi connectivity index (χ4v) is 1.29. The van der Waals surface area contributed by atoms with E-state index in [2.05, 4.69) is 43.5 Å². The first-order valence-corrected chi connectivity index (χ1v) is 4.36. The number of halogens is 2. The summed E-state index contributed by atoms with van der Waals surface area (Å²) in [4.78, 5) is 4.21. The van der Waals surface area contributed by atoms with Crippen LogP contribution in [0.3, 0.4) is 0 Å². The number of pyridine rings is 1. The van der Waals surface area contributed by atoms with Gasteiger partial charge in [-0.1, -0.05) is 0 Å². The van der Waals surface area contributed by atoms with Gasteiger partial charge in [0.05, 0.1) is 0 Å². The molecule has 0 N–H and O–H groups in total. The number of hydrogen-bond acceptors (Lipinski definition) is 1. The van der Waals surface area contributed by atoms with Crippen LogP contribution >= 0.6 is 38.5 Å². The van der Waals surface area contributed by atoms with Crippen LogP contribution in [0, 0.1) is 10.6 Å². The Hall–Kier alpha value is 0.360. The molecule has 0 aliphatic heterocycles. The van der Waals surface area contributed by atoms with Crippen molar-refractivity contribution in [1.29, 1.82) is 0 Å². The van der Waals surface area contributed by atoms with Crippen LogP contribution in [0.25, 0.3) is 0 Å². The fraction of sp³-hybridized carbons (Fsp3) is 0.167. The quantitative estimate of drug-likeness (QED) is 0.530. The largest absolute Gasteiger partial charge is 0.246 e. The van der Waals surface area contributed by atoms with Gasteiger partial charge in [0.1, 0.15) is 3.70 Å². The van der Waals surface area contributed by atoms with Crippen molar-refractivity contribution >= 4 is 38.5 Å². The van der Waals surface area contributed by atoms with Crippen LogP contribution in [0.5, 0.6) is 0 Å². The van der Waals surface area contributed by atoms with Gasteiger partial charge in [-0.05, 0) is 57.6 Å². The summed E-state index contributed by atoms with van der Waals surface area (Å²) >= 11 is 5.55. The molecule has 0 atom stereocenters. The highest BCUT2D eigenvalue weighted by Gasteiger charge is 1.94. The molecule has 0 aliphatic rings. The van der Waals surface area contributed by atoms with Crippen LogP contribution in [0.4, 0.5) is 0 Å². The van der Waals surface area contributed by atoms with E-state index in [1.807, 2.05) is 19.1 Å². The summed E-state index contributed by atoms with van der Waals surface area (Å²) in [5.41, 5.74) is 1.06. The third kappa shape index (κ3) is 1.89. The first-order valence-electron chi connectivity index (χ1n) is 2.49. The van der Waals surface area contributed by atoms with E-state index in [1.165, 1.54) is 0 Å². The van der Waals surface area contributed by atoms with E-state index in [0.717, 1.165) is 13.9 Å². The Labute approximate surface area is 76.1 Å². The zero-order valence-corrected chi connectivity index (χ0v) is 8.60. The molecule has 0 radical (unpaired) electrons. The molecule has 0 spiro atoms. The number of aryl methyl sites for hydroxylation is 1. The number of hydrogen-bond donors (Lipinski definition) is 0. The van der Waals surface area contributed by atoms with Crippen molar-refractivity contribution in [1.82, 2.24) is 4.98 Å². The molecule has 1 rings (SSSR count). The second-order valence-corrected chi connectivity index (χ2v) is 3.60. The van der Waals surface area contributed by atoms with E-state index >= 15 is 0 Å². The Morgan fingerprint density at radius 1 is 1.56 bits per heavy atom. The summed E-state index contributed by atoms with van der Waals surface area (Å²) in [5, 5.41) is 0. The minimum atomic E-state index is 1.02. The van der Waals surface area contributed by atoms with Gasteiger partial charge in [-0.3, -0.25) is 0 Å². The first-order chi connectivity index (χ1) is 4.20. The minimum absolute atomic E-state index is 1.02. The summed E-state index contributed by atoms with van der Waals surface area (Å²) in [6.45, 7) is 1.98. The van der Waals surface area contributed by atoms with Gasteiger partial charge in [0.2, 0.25) is 0 Å². The molecule has 0 fully saturated rings. The molecule has 0 bridgehead atoms. The molecular formula is C6H5BrIN. The van der Waals surface area contributed by atoms with Gasteiger partial charge in [-0.15, -0.1) is 0 Å². The normalized spacial score (nSPS) is 9.67. The molecule has 1 aromatic heterocycles. The maximum absolute atomic E-state index is 4.21. The van der Waals surface area contributed by atoms with Crippen LogP contribution in [0.2, 0.25) is 0 Å². The second-order valence-electron chi connectivity index (χ2n) is 1.73. The zero-order valence-electron chi connectivity index (χ0n) is 4.86. The summed E-state index contributed by atoms with van der Waals surface area (Å²) in [5.74, 6) is 0. The topological polar surface area (TPSA) is 12.9 Å². The highest BCUT2D eigenvalue weighted by atomic mass is 127. The van der Waals surface area contributed by atoms with E-state index < -0.39 is 0 Å². The fourth-order valence-electron chi connectivity index (χ4n) is 0.508. The second kappa shape index (κ2) is 2.96. The molecule has 0 saturated carbocycles. The van der Waals surface area contributed by atoms with Crippen LogP contribution in [-0.4, -0.2) is 4.98 Å². The lowest BCUT2D eigenvalue weighted by Gasteiger charge is -1.94. The van der Waals surface area contributed by atoms with E-state index in [1.54, 1.807) is 0 Å². The third-order valence-corrected chi connectivity index (χ3v) is 3.15. The molecular weight excluding hydrogens is 293 g/mol. The van der Waals surface area contributed by atoms with E-state index in [9.17, 15) is 0 Å². The van der Waals surface area contributed by atoms with Crippen molar-refractivity contribution in [2.24, 2.45) is 0 Å². The van der Waals surface area contributed by atoms with Crippen molar-refractivity contribution in [3.63, 3.8) is 0 Å². The van der Waals surface area contributed by atoms with Gasteiger partial charge in [-0.25, -0.2) is 4.98 Å². The number of nitrogens with zero attached hydrogens (tertiary/aromatic N) is 1. The number of rotatable bonds is 0. The molecule has 1 heterocycles. The Kier molecular flexibility index (Phi) is 2.46. The maximum atomic E-state index is 4.21. The maximum Gasteiger partial charge on any atom is 0.115 e. The lowest BCUT2D eigenvalue weighted by molar-refractivity contribution is 1.15. The summed E-state index contributed by atoms with van der Waals surface area (Å²) in [6, 6.07) is 3.98. The lowest BCUT2D eigenvalue weighted by atomic mass is 10.4. The predicted molar refractivity (Wildman–Crippen MR) is 49.4 cm³/mol. The molecule has 1 aromatic rings. The molecule has 3 heteroatoms. The highest BCUT2D eigenvalue weighted by Crippen LogP contribution is 2.15. The lowest BCUT2D eigenvalue weighted by Crippen LogP contribution is -1.84. The van der Waals surface area contributed by atoms with Crippen molar-refractivity contribution in [3.8, 4) is 0 Å². The SMILES string of the molecule is Cc1ccc(Br)c(I)n1. The molecule has 0 aromatic carbocycles. The molecule has 1 nitrogen and oxygen atoms in total. The Morgan fingerprint density at radius 2 is 2.22 bits per heavy atom. The molecule has 48 valence electrons. The van der Waals surface area contributed by atoms with Crippen LogP contribution in [0.15, 0.2) is 16.6 Å². The first kappa shape index (κ1) is 7.47. The summed E-state index contributed by atoms with van der Waals surface area (Å²) < 4.78 is 2.08. The van der Waals surface area contributed by atoms with Gasteiger partial charge in [-0.2, -0.15) is 0 Å². The van der Waals surface area contributed by atoms with Gasteiger partial charge in [0.15, 0.2) is 0 Å². The third-order valence-electron chi connectivity index (χ3n) is 0.942. The van der Waals surface area contributed by atoms with Crippen LogP contribution in [0.1, 0.15) is 5.69 Å². The molecule has 0 saturated heterocycles. The van der Waals surface area contributed by atoms with E-state index in [4.69, 9.17) is 0 Å². The minimum Gasteiger partial charge on any atom is -0.246 e. The molecule has 0 amide bonds. The van der Waals surface area contributed by atoms with E-state index in [0.29, 0.717) is 0 Å². The smallest absolute Gasteiger partial charge is 0.115 e. The highest BCUT2D eigenvalue weighted by molar-refractivity contribution is 14.1. The Bertz CT molecular complexity index is 224. The van der Waals surface area contributed by atoms with Crippen LogP contribution in [-0.2, 0) is 0 Å². The van der Waals surface area contributed by atoms with Crippen molar-refractivity contribution in [3.05, 3.63) is 26.0 Å². The Balaban J connectivity index is 3.17. The van der Waals surface area contributed by atoms with Crippen molar-refractivity contribution < 1.29 is 0 Å². The average molecular weight is 298 g/mol. The molecule has 0 aliphatic carbocycles. The van der Waals surface area contributed by atoms with Crippen molar-refractivity contribution in [2.45, 2.75) is 6.92 Å². The monoisotopic (exact) mass is 297 g/mol. The number of aromatic nitrogens is 1. The average Bonchev–Trinajstić information content (AvgIpc) is 1.80. The van der Waals surface area contributed by atoms with Gasteiger partial charge >= 0.3 is 0 Å². The van der Waals surface area contributed by atoms with E-state index in [-0.39, 0.29) is 0 Å².